The van der Waals surface area contributed by atoms with Crippen molar-refractivity contribution in [1.29, 1.82) is 0 Å². The first-order valence-electron chi connectivity index (χ1n) is 5.27. The van der Waals surface area contributed by atoms with Crippen LogP contribution in [0.3, 0.4) is 0 Å². The molecule has 0 radical (unpaired) electrons. The van der Waals surface area contributed by atoms with Crippen LogP contribution in [0.2, 0.25) is 5.02 Å². The first-order valence-corrected chi connectivity index (χ1v) is 6.08. The highest BCUT2D eigenvalue weighted by Gasteiger charge is 2.06. The van der Waals surface area contributed by atoms with E-state index < -0.39 is 0 Å². The van der Waals surface area contributed by atoms with Crippen LogP contribution in [0.15, 0.2) is 24.3 Å². The second-order valence-corrected chi connectivity index (χ2v) is 4.67. The topological polar surface area (TPSA) is 29.1 Å². The number of amides is 1. The summed E-state index contributed by atoms with van der Waals surface area (Å²) in [5.41, 5.74) is 0.910. The van der Waals surface area contributed by atoms with Gasteiger partial charge in [0.15, 0.2) is 0 Å². The molecule has 1 aromatic rings. The third-order valence-electron chi connectivity index (χ3n) is 2.22. The van der Waals surface area contributed by atoms with Gasteiger partial charge < -0.3 is 5.32 Å². The summed E-state index contributed by atoms with van der Waals surface area (Å²) in [6.45, 7) is 2.50. The number of rotatable bonds is 5. The van der Waals surface area contributed by atoms with Crippen LogP contribution in [0.5, 0.6) is 0 Å². The highest BCUT2D eigenvalue weighted by molar-refractivity contribution is 6.30. The SMILES string of the molecule is CCC(Cl)CNC(=O)Cc1cccc(Cl)c1. The zero-order chi connectivity index (χ0) is 12.0. The first-order chi connectivity index (χ1) is 7.61. The van der Waals surface area contributed by atoms with E-state index in [1.165, 1.54) is 0 Å². The van der Waals surface area contributed by atoms with E-state index in [2.05, 4.69) is 5.32 Å². The Morgan fingerprint density at radius 1 is 1.50 bits per heavy atom. The minimum atomic E-state index is -0.0265. The number of benzene rings is 1. The van der Waals surface area contributed by atoms with Gasteiger partial charge in [-0.1, -0.05) is 30.7 Å². The van der Waals surface area contributed by atoms with Crippen molar-refractivity contribution >= 4 is 29.1 Å². The van der Waals surface area contributed by atoms with Gasteiger partial charge in [0, 0.05) is 11.6 Å². The number of hydrogen-bond donors (Lipinski definition) is 1. The van der Waals surface area contributed by atoms with Crippen LogP contribution >= 0.6 is 23.2 Å². The summed E-state index contributed by atoms with van der Waals surface area (Å²) >= 11 is 11.7. The van der Waals surface area contributed by atoms with Crippen molar-refractivity contribution in [3.8, 4) is 0 Å². The second-order valence-electron chi connectivity index (χ2n) is 3.62. The molecule has 1 amide bonds. The van der Waals surface area contributed by atoms with E-state index in [0.717, 1.165) is 12.0 Å². The van der Waals surface area contributed by atoms with Crippen LogP contribution in [-0.2, 0) is 11.2 Å². The lowest BCUT2D eigenvalue weighted by Gasteiger charge is -2.08. The summed E-state index contributed by atoms with van der Waals surface area (Å²) in [6, 6.07) is 7.29. The number of carbonyl (C=O) groups is 1. The van der Waals surface area contributed by atoms with E-state index in [0.29, 0.717) is 18.0 Å². The van der Waals surface area contributed by atoms with E-state index in [4.69, 9.17) is 23.2 Å². The van der Waals surface area contributed by atoms with Crippen LogP contribution < -0.4 is 5.32 Å². The Morgan fingerprint density at radius 3 is 2.88 bits per heavy atom. The second kappa shape index (κ2) is 6.77. The fraction of sp³-hybridized carbons (Fsp3) is 0.417. The Labute approximate surface area is 106 Å². The molecule has 0 saturated heterocycles. The van der Waals surface area contributed by atoms with Crippen molar-refractivity contribution in [1.82, 2.24) is 5.32 Å². The van der Waals surface area contributed by atoms with E-state index >= 15 is 0 Å². The maximum Gasteiger partial charge on any atom is 0.224 e. The molecule has 1 N–H and O–H groups in total. The normalized spacial score (nSPS) is 12.2. The lowest BCUT2D eigenvalue weighted by atomic mass is 10.1. The monoisotopic (exact) mass is 259 g/mol. The molecule has 0 bridgehead atoms. The molecule has 0 aromatic heterocycles. The third-order valence-corrected chi connectivity index (χ3v) is 2.92. The predicted molar refractivity (Wildman–Crippen MR) is 68.1 cm³/mol. The van der Waals surface area contributed by atoms with Gasteiger partial charge in [-0.15, -0.1) is 11.6 Å². The van der Waals surface area contributed by atoms with E-state index in [9.17, 15) is 4.79 Å². The molecule has 1 rings (SSSR count). The summed E-state index contributed by atoms with van der Waals surface area (Å²) < 4.78 is 0. The smallest absolute Gasteiger partial charge is 0.224 e. The molecular weight excluding hydrogens is 245 g/mol. The molecular formula is C12H15Cl2NO. The summed E-state index contributed by atoms with van der Waals surface area (Å²) in [5, 5.41) is 3.44. The molecule has 0 aliphatic rings. The Hall–Kier alpha value is -0.730. The van der Waals surface area contributed by atoms with Crippen molar-refractivity contribution in [3.05, 3.63) is 34.9 Å². The molecule has 0 saturated carbocycles. The Bertz CT molecular complexity index is 355. The van der Waals surface area contributed by atoms with Crippen molar-refractivity contribution < 1.29 is 4.79 Å². The van der Waals surface area contributed by atoms with Crippen LogP contribution in [0.4, 0.5) is 0 Å². The number of hydrogen-bond acceptors (Lipinski definition) is 1. The Morgan fingerprint density at radius 2 is 2.25 bits per heavy atom. The van der Waals surface area contributed by atoms with Gasteiger partial charge in [-0.05, 0) is 24.1 Å². The molecule has 1 aromatic carbocycles. The maximum atomic E-state index is 11.5. The molecule has 4 heteroatoms. The number of carbonyl (C=O) groups excluding carboxylic acids is 1. The average molecular weight is 260 g/mol. The van der Waals surface area contributed by atoms with Gasteiger partial charge in [-0.2, -0.15) is 0 Å². The minimum absolute atomic E-state index is 0.00307. The number of nitrogens with one attached hydrogen (secondary N) is 1. The van der Waals surface area contributed by atoms with Gasteiger partial charge in [0.25, 0.3) is 0 Å². The molecule has 0 aliphatic heterocycles. The van der Waals surface area contributed by atoms with Gasteiger partial charge in [0.1, 0.15) is 0 Å². The largest absolute Gasteiger partial charge is 0.354 e. The highest BCUT2D eigenvalue weighted by atomic mass is 35.5. The third kappa shape index (κ3) is 4.86. The zero-order valence-electron chi connectivity index (χ0n) is 9.17. The van der Waals surface area contributed by atoms with Crippen molar-refractivity contribution in [3.63, 3.8) is 0 Å². The molecule has 0 heterocycles. The lowest BCUT2D eigenvalue weighted by molar-refractivity contribution is -0.120. The maximum absolute atomic E-state index is 11.5. The zero-order valence-corrected chi connectivity index (χ0v) is 10.7. The minimum Gasteiger partial charge on any atom is -0.354 e. The molecule has 16 heavy (non-hydrogen) atoms. The van der Waals surface area contributed by atoms with Crippen molar-refractivity contribution in [2.45, 2.75) is 25.1 Å². The molecule has 0 spiro atoms. The summed E-state index contributed by atoms with van der Waals surface area (Å²) in [4.78, 5) is 11.5. The molecule has 2 nitrogen and oxygen atoms in total. The molecule has 0 aliphatic carbocycles. The van der Waals surface area contributed by atoms with Crippen molar-refractivity contribution in [2.24, 2.45) is 0 Å². The quantitative estimate of drug-likeness (QED) is 0.810. The van der Waals surface area contributed by atoms with Crippen LogP contribution in [-0.4, -0.2) is 17.8 Å². The van der Waals surface area contributed by atoms with Gasteiger partial charge in [0.05, 0.1) is 11.8 Å². The average Bonchev–Trinajstić information content (AvgIpc) is 2.26. The summed E-state index contributed by atoms with van der Waals surface area (Å²) in [7, 11) is 0. The first kappa shape index (κ1) is 13.3. The van der Waals surface area contributed by atoms with E-state index in [1.807, 2.05) is 19.1 Å². The van der Waals surface area contributed by atoms with Crippen molar-refractivity contribution in [2.75, 3.05) is 6.54 Å². The molecule has 88 valence electrons. The van der Waals surface area contributed by atoms with Gasteiger partial charge in [-0.25, -0.2) is 0 Å². The van der Waals surface area contributed by atoms with Gasteiger partial charge >= 0.3 is 0 Å². The number of halogens is 2. The number of alkyl halides is 1. The van der Waals surface area contributed by atoms with Crippen LogP contribution in [0.25, 0.3) is 0 Å². The lowest BCUT2D eigenvalue weighted by Crippen LogP contribution is -2.30. The molecule has 1 atom stereocenters. The van der Waals surface area contributed by atoms with E-state index in [-0.39, 0.29) is 11.3 Å². The Kier molecular flexibility index (Phi) is 5.64. The summed E-state index contributed by atoms with van der Waals surface area (Å²) in [6.07, 6.45) is 1.19. The van der Waals surface area contributed by atoms with Crippen LogP contribution in [0.1, 0.15) is 18.9 Å². The van der Waals surface area contributed by atoms with Crippen LogP contribution in [0, 0.1) is 0 Å². The standard InChI is InChI=1S/C12H15Cl2NO/c1-2-10(13)8-15-12(16)7-9-4-3-5-11(14)6-9/h3-6,10H,2,7-8H2,1H3,(H,15,16). The molecule has 0 fully saturated rings. The predicted octanol–water partition coefficient (Wildman–Crippen LogP) is 3.02. The molecule has 1 unspecified atom stereocenters. The van der Waals surface area contributed by atoms with E-state index in [1.54, 1.807) is 12.1 Å². The van der Waals surface area contributed by atoms with Gasteiger partial charge in [-0.3, -0.25) is 4.79 Å². The fourth-order valence-electron chi connectivity index (χ4n) is 1.26. The Balaban J connectivity index is 2.40. The highest BCUT2D eigenvalue weighted by Crippen LogP contribution is 2.11. The fourth-order valence-corrected chi connectivity index (χ4v) is 1.55. The summed E-state index contributed by atoms with van der Waals surface area (Å²) in [5.74, 6) is -0.0265. The van der Waals surface area contributed by atoms with Gasteiger partial charge in [0.2, 0.25) is 5.91 Å².